The van der Waals surface area contributed by atoms with E-state index in [9.17, 15) is 14.4 Å². The number of nitrogens with one attached hydrogen (secondary N) is 2. The fraction of sp³-hybridized carbons (Fsp3) is 0.500. The molecule has 0 radical (unpaired) electrons. The molecule has 1 heterocycles. The average Bonchev–Trinajstić information content (AvgIpc) is 2.85. The van der Waals surface area contributed by atoms with Gasteiger partial charge in [-0.3, -0.25) is 19.9 Å². The van der Waals surface area contributed by atoms with E-state index in [0.717, 1.165) is 24.4 Å². The normalized spacial score (nSPS) is 20.1. The van der Waals surface area contributed by atoms with Crippen LogP contribution in [0.3, 0.4) is 0 Å². The maximum absolute atomic E-state index is 12.9. The molecule has 1 aromatic carbocycles. The second-order valence-electron chi connectivity index (χ2n) is 6.32. The summed E-state index contributed by atoms with van der Waals surface area (Å²) in [4.78, 5) is 39.2. The highest BCUT2D eigenvalue weighted by Gasteiger charge is 2.52. The summed E-state index contributed by atoms with van der Waals surface area (Å²) >= 11 is 0. The van der Waals surface area contributed by atoms with Gasteiger partial charge in [0.15, 0.2) is 0 Å². The molecule has 1 unspecified atom stereocenters. The molecular formula is C18H26N4O3. The Morgan fingerprint density at radius 2 is 1.92 bits per heavy atom. The summed E-state index contributed by atoms with van der Waals surface area (Å²) < 4.78 is 0. The molecule has 1 atom stereocenters. The van der Waals surface area contributed by atoms with Crippen molar-refractivity contribution in [1.82, 2.24) is 20.7 Å². The first-order chi connectivity index (χ1) is 11.9. The summed E-state index contributed by atoms with van der Waals surface area (Å²) in [5.74, 6) is -0.849. The predicted molar refractivity (Wildman–Crippen MR) is 94.3 cm³/mol. The fourth-order valence-corrected chi connectivity index (χ4v) is 2.95. The van der Waals surface area contributed by atoms with E-state index in [-0.39, 0.29) is 12.5 Å². The van der Waals surface area contributed by atoms with Crippen molar-refractivity contribution < 1.29 is 14.4 Å². The van der Waals surface area contributed by atoms with E-state index in [1.807, 2.05) is 37.1 Å². The monoisotopic (exact) mass is 346 g/mol. The van der Waals surface area contributed by atoms with Crippen LogP contribution in [0.5, 0.6) is 0 Å². The first-order valence-corrected chi connectivity index (χ1v) is 8.64. The van der Waals surface area contributed by atoms with Gasteiger partial charge < -0.3 is 5.32 Å². The number of likely N-dealkylation sites (N-methyl/N-ethyl adjacent to an activating group) is 1. The molecule has 2 rings (SSSR count). The lowest BCUT2D eigenvalue weighted by Gasteiger charge is -2.25. The highest BCUT2D eigenvalue weighted by Crippen LogP contribution is 2.31. The van der Waals surface area contributed by atoms with Gasteiger partial charge in [0.2, 0.25) is 0 Å². The molecule has 0 spiro atoms. The molecule has 1 aromatic rings. The van der Waals surface area contributed by atoms with Gasteiger partial charge in [0.05, 0.1) is 6.54 Å². The molecule has 4 amide bonds. The second-order valence-corrected chi connectivity index (χ2v) is 6.32. The topological polar surface area (TPSA) is 81.8 Å². The highest BCUT2D eigenvalue weighted by molar-refractivity contribution is 6.08. The SMILES string of the molecule is CCCCN(C)CC(=O)NN1C(=O)NC(CC)(c2ccccc2)C1=O. The summed E-state index contributed by atoms with van der Waals surface area (Å²) in [5.41, 5.74) is 2.00. The van der Waals surface area contributed by atoms with Crippen LogP contribution in [0.25, 0.3) is 0 Å². The van der Waals surface area contributed by atoms with Gasteiger partial charge in [0.25, 0.3) is 11.8 Å². The number of carbonyl (C=O) groups is 3. The minimum absolute atomic E-state index is 0.127. The molecule has 25 heavy (non-hydrogen) atoms. The zero-order valence-corrected chi connectivity index (χ0v) is 15.0. The first kappa shape index (κ1) is 18.9. The zero-order chi connectivity index (χ0) is 18.4. The van der Waals surface area contributed by atoms with Crippen molar-refractivity contribution in [2.75, 3.05) is 20.1 Å². The molecule has 1 aliphatic heterocycles. The number of rotatable bonds is 8. The van der Waals surface area contributed by atoms with E-state index >= 15 is 0 Å². The van der Waals surface area contributed by atoms with Crippen molar-refractivity contribution >= 4 is 17.8 Å². The number of hydrogen-bond acceptors (Lipinski definition) is 4. The molecule has 2 N–H and O–H groups in total. The van der Waals surface area contributed by atoms with Gasteiger partial charge in [-0.25, -0.2) is 4.79 Å². The van der Waals surface area contributed by atoms with E-state index in [0.29, 0.717) is 12.0 Å². The number of hydrazine groups is 1. The van der Waals surface area contributed by atoms with Crippen LogP contribution in [0.2, 0.25) is 0 Å². The number of imide groups is 1. The summed E-state index contributed by atoms with van der Waals surface area (Å²) in [5, 5.41) is 3.53. The van der Waals surface area contributed by atoms with Crippen LogP contribution in [0, 0.1) is 0 Å². The highest BCUT2D eigenvalue weighted by atomic mass is 16.2. The number of urea groups is 1. The molecular weight excluding hydrogens is 320 g/mol. The minimum Gasteiger partial charge on any atom is -0.318 e. The molecule has 0 aliphatic carbocycles. The van der Waals surface area contributed by atoms with Gasteiger partial charge in [-0.15, -0.1) is 0 Å². The summed E-state index contributed by atoms with van der Waals surface area (Å²) in [6.07, 6.45) is 2.42. The maximum Gasteiger partial charge on any atom is 0.344 e. The smallest absolute Gasteiger partial charge is 0.318 e. The van der Waals surface area contributed by atoms with E-state index in [1.165, 1.54) is 0 Å². The molecule has 136 valence electrons. The lowest BCUT2D eigenvalue weighted by Crippen LogP contribution is -2.50. The maximum atomic E-state index is 12.9. The van der Waals surface area contributed by atoms with Crippen molar-refractivity contribution in [3.05, 3.63) is 35.9 Å². The van der Waals surface area contributed by atoms with Gasteiger partial charge >= 0.3 is 6.03 Å². The number of carbonyl (C=O) groups excluding carboxylic acids is 3. The summed E-state index contributed by atoms with van der Waals surface area (Å²) in [6.45, 7) is 4.82. The molecule has 0 aromatic heterocycles. The first-order valence-electron chi connectivity index (χ1n) is 8.64. The Kier molecular flexibility index (Phi) is 6.14. The van der Waals surface area contributed by atoms with Crippen LogP contribution in [-0.4, -0.2) is 47.9 Å². The van der Waals surface area contributed by atoms with E-state index in [1.54, 1.807) is 12.1 Å². The van der Waals surface area contributed by atoms with E-state index in [4.69, 9.17) is 0 Å². The lowest BCUT2D eigenvalue weighted by molar-refractivity contribution is -0.139. The van der Waals surface area contributed by atoms with Crippen LogP contribution < -0.4 is 10.7 Å². The Balaban J connectivity index is 2.09. The van der Waals surface area contributed by atoms with Crippen LogP contribution in [-0.2, 0) is 15.1 Å². The Morgan fingerprint density at radius 3 is 2.52 bits per heavy atom. The molecule has 7 heteroatoms. The molecule has 7 nitrogen and oxygen atoms in total. The van der Waals surface area contributed by atoms with Gasteiger partial charge in [0.1, 0.15) is 5.54 Å². The van der Waals surface area contributed by atoms with Crippen molar-refractivity contribution in [2.45, 2.75) is 38.6 Å². The zero-order valence-electron chi connectivity index (χ0n) is 15.0. The van der Waals surface area contributed by atoms with Crippen molar-refractivity contribution in [1.29, 1.82) is 0 Å². The number of amides is 4. The van der Waals surface area contributed by atoms with Gasteiger partial charge in [-0.05, 0) is 32.0 Å². The number of benzene rings is 1. The molecule has 1 aliphatic rings. The Bertz CT molecular complexity index is 634. The average molecular weight is 346 g/mol. The third-order valence-electron chi connectivity index (χ3n) is 4.43. The number of hydrogen-bond donors (Lipinski definition) is 2. The van der Waals surface area contributed by atoms with Crippen molar-refractivity contribution in [3.8, 4) is 0 Å². The lowest BCUT2D eigenvalue weighted by atomic mass is 9.87. The Hall–Kier alpha value is -2.41. The van der Waals surface area contributed by atoms with Crippen LogP contribution in [0.15, 0.2) is 30.3 Å². The molecule has 1 fully saturated rings. The minimum atomic E-state index is -1.14. The van der Waals surface area contributed by atoms with Gasteiger partial charge in [-0.2, -0.15) is 5.01 Å². The van der Waals surface area contributed by atoms with E-state index in [2.05, 4.69) is 17.7 Å². The predicted octanol–water partition coefficient (Wildman–Crippen LogP) is 1.61. The Labute approximate surface area is 148 Å². The summed E-state index contributed by atoms with van der Waals surface area (Å²) in [6, 6.07) is 8.46. The van der Waals surface area contributed by atoms with Gasteiger partial charge in [-0.1, -0.05) is 50.6 Å². The van der Waals surface area contributed by atoms with Crippen LogP contribution in [0.4, 0.5) is 4.79 Å². The van der Waals surface area contributed by atoms with Gasteiger partial charge in [0, 0.05) is 0 Å². The van der Waals surface area contributed by atoms with Crippen molar-refractivity contribution in [2.24, 2.45) is 0 Å². The number of unbranched alkanes of at least 4 members (excludes halogenated alkanes) is 1. The fourth-order valence-electron chi connectivity index (χ4n) is 2.95. The largest absolute Gasteiger partial charge is 0.344 e. The van der Waals surface area contributed by atoms with E-state index < -0.39 is 17.5 Å². The molecule has 0 bridgehead atoms. The summed E-state index contributed by atoms with van der Waals surface area (Å²) in [7, 11) is 1.83. The quantitative estimate of drug-likeness (QED) is 0.701. The Morgan fingerprint density at radius 1 is 1.24 bits per heavy atom. The van der Waals surface area contributed by atoms with Crippen molar-refractivity contribution in [3.63, 3.8) is 0 Å². The van der Waals surface area contributed by atoms with Crippen LogP contribution >= 0.6 is 0 Å². The molecule has 0 saturated carbocycles. The van der Waals surface area contributed by atoms with Crippen LogP contribution in [0.1, 0.15) is 38.7 Å². The standard InChI is InChI=1S/C18H26N4O3/c1-4-6-12-21(3)13-15(23)20-22-16(24)18(5-2,19-17(22)25)14-10-8-7-9-11-14/h7-11H,4-6,12-13H2,1-3H3,(H,19,25)(H,20,23). The third-order valence-corrected chi connectivity index (χ3v) is 4.43. The molecule has 1 saturated heterocycles. The third kappa shape index (κ3) is 3.99. The number of nitrogens with zero attached hydrogens (tertiary/aromatic N) is 2. The second kappa shape index (κ2) is 8.11.